The Bertz CT molecular complexity index is 852. The maximum Gasteiger partial charge on any atom is 0.240 e. The van der Waals surface area contributed by atoms with Crippen LogP contribution < -0.4 is 15.4 Å². The van der Waals surface area contributed by atoms with E-state index >= 15 is 0 Å². The van der Waals surface area contributed by atoms with Crippen LogP contribution in [0, 0.1) is 0 Å². The molecule has 0 atom stereocenters. The molecule has 150 valence electrons. The van der Waals surface area contributed by atoms with Crippen molar-refractivity contribution in [1.82, 2.24) is 30.1 Å². The Labute approximate surface area is 177 Å². The van der Waals surface area contributed by atoms with Crippen molar-refractivity contribution in [1.29, 1.82) is 0 Å². The molecule has 1 aromatic heterocycles. The first-order chi connectivity index (χ1) is 12.5. The first kappa shape index (κ1) is 23.3. The van der Waals surface area contributed by atoms with E-state index in [1.807, 2.05) is 17.6 Å². The number of nitrogens with zero attached hydrogens (tertiary/aromatic N) is 4. The summed E-state index contributed by atoms with van der Waals surface area (Å²) in [5.41, 5.74) is 0.844. The predicted molar refractivity (Wildman–Crippen MR) is 116 cm³/mol. The molecule has 27 heavy (non-hydrogen) atoms. The summed E-state index contributed by atoms with van der Waals surface area (Å²) in [5, 5.41) is 14.3. The third kappa shape index (κ3) is 6.74. The second kappa shape index (κ2) is 11.2. The topological polar surface area (TPSA) is 113 Å². The molecule has 1 heterocycles. The Hall–Kier alpha value is -1.73. The summed E-state index contributed by atoms with van der Waals surface area (Å²) >= 11 is 0. The minimum atomic E-state index is -3.45. The molecule has 2 aromatic rings. The van der Waals surface area contributed by atoms with Gasteiger partial charge < -0.3 is 15.2 Å². The normalized spacial score (nSPS) is 11.7. The molecular formula is C16H26IN7O2S. The van der Waals surface area contributed by atoms with Crippen molar-refractivity contribution < 1.29 is 8.42 Å². The van der Waals surface area contributed by atoms with Gasteiger partial charge in [-0.1, -0.05) is 19.1 Å². The van der Waals surface area contributed by atoms with E-state index in [0.717, 1.165) is 24.4 Å². The van der Waals surface area contributed by atoms with Crippen LogP contribution in [-0.4, -0.2) is 49.8 Å². The molecule has 0 saturated carbocycles. The number of sulfonamides is 1. The van der Waals surface area contributed by atoms with Gasteiger partial charge in [0.2, 0.25) is 10.0 Å². The van der Waals surface area contributed by atoms with Gasteiger partial charge in [0.05, 0.1) is 4.90 Å². The third-order valence-corrected chi connectivity index (χ3v) is 5.23. The number of aliphatic imine (C=N–C) groups is 1. The molecule has 2 rings (SSSR count). The highest BCUT2D eigenvalue weighted by Crippen LogP contribution is 2.10. The van der Waals surface area contributed by atoms with Crippen LogP contribution in [0.15, 0.2) is 40.5 Å². The van der Waals surface area contributed by atoms with Gasteiger partial charge in [0, 0.05) is 33.1 Å². The predicted octanol–water partition coefficient (Wildman–Crippen LogP) is 0.732. The van der Waals surface area contributed by atoms with Gasteiger partial charge in [-0.25, -0.2) is 13.1 Å². The Morgan fingerprint density at radius 1 is 1.30 bits per heavy atom. The lowest BCUT2D eigenvalue weighted by atomic mass is 10.2. The lowest BCUT2D eigenvalue weighted by Gasteiger charge is -2.13. The van der Waals surface area contributed by atoms with Crippen molar-refractivity contribution in [2.24, 2.45) is 4.99 Å². The summed E-state index contributed by atoms with van der Waals surface area (Å²) in [6.07, 6.45) is 2.54. The number of aryl methyl sites for hydroxylation is 1. The van der Waals surface area contributed by atoms with Crippen LogP contribution in [0.1, 0.15) is 18.3 Å². The molecule has 0 aliphatic heterocycles. The van der Waals surface area contributed by atoms with Crippen LogP contribution in [0.4, 0.5) is 0 Å². The monoisotopic (exact) mass is 507 g/mol. The van der Waals surface area contributed by atoms with Gasteiger partial charge in [-0.05, 0) is 24.7 Å². The Kier molecular flexibility index (Phi) is 9.66. The van der Waals surface area contributed by atoms with Gasteiger partial charge in [-0.3, -0.25) is 4.99 Å². The highest BCUT2D eigenvalue weighted by atomic mass is 127. The summed E-state index contributed by atoms with van der Waals surface area (Å²) in [6, 6.07) is 6.78. The fourth-order valence-electron chi connectivity index (χ4n) is 2.38. The third-order valence-electron chi connectivity index (χ3n) is 3.82. The van der Waals surface area contributed by atoms with E-state index in [1.165, 1.54) is 7.05 Å². The molecule has 11 heteroatoms. The van der Waals surface area contributed by atoms with E-state index in [0.29, 0.717) is 19.0 Å². The second-order valence-corrected chi connectivity index (χ2v) is 7.39. The highest BCUT2D eigenvalue weighted by Gasteiger charge is 2.11. The minimum Gasteiger partial charge on any atom is -0.355 e. The van der Waals surface area contributed by atoms with E-state index in [9.17, 15) is 8.42 Å². The zero-order valence-electron chi connectivity index (χ0n) is 15.6. The van der Waals surface area contributed by atoms with Crippen molar-refractivity contribution in [2.45, 2.75) is 31.3 Å². The lowest BCUT2D eigenvalue weighted by Crippen LogP contribution is -2.38. The number of nitrogens with one attached hydrogen (secondary N) is 3. The molecular weight excluding hydrogens is 481 g/mol. The smallest absolute Gasteiger partial charge is 0.240 e. The Morgan fingerprint density at radius 2 is 2.07 bits per heavy atom. The lowest BCUT2D eigenvalue weighted by molar-refractivity contribution is 0.588. The van der Waals surface area contributed by atoms with E-state index < -0.39 is 10.0 Å². The number of aromatic nitrogens is 3. The zero-order valence-corrected chi connectivity index (χ0v) is 18.8. The number of guanidine groups is 1. The van der Waals surface area contributed by atoms with Crippen LogP contribution in [0.25, 0.3) is 0 Å². The van der Waals surface area contributed by atoms with Crippen LogP contribution in [-0.2, 0) is 29.5 Å². The zero-order chi connectivity index (χ0) is 19.0. The van der Waals surface area contributed by atoms with E-state index in [2.05, 4.69) is 30.5 Å². The van der Waals surface area contributed by atoms with E-state index in [1.54, 1.807) is 31.6 Å². The first-order valence-corrected chi connectivity index (χ1v) is 9.82. The maximum absolute atomic E-state index is 11.9. The number of rotatable bonds is 8. The average molecular weight is 507 g/mol. The number of hydrogen-bond donors (Lipinski definition) is 3. The molecule has 0 fully saturated rings. The molecule has 0 aliphatic rings. The summed E-state index contributed by atoms with van der Waals surface area (Å²) in [6.45, 7) is 3.89. The van der Waals surface area contributed by atoms with E-state index in [-0.39, 0.29) is 28.9 Å². The summed E-state index contributed by atoms with van der Waals surface area (Å²) in [5.74, 6) is 1.58. The molecule has 0 spiro atoms. The second-order valence-electron chi connectivity index (χ2n) is 5.50. The van der Waals surface area contributed by atoms with Crippen molar-refractivity contribution in [3.8, 4) is 0 Å². The summed E-state index contributed by atoms with van der Waals surface area (Å²) in [4.78, 5) is 4.41. The number of halogens is 1. The van der Waals surface area contributed by atoms with Gasteiger partial charge in [0.25, 0.3) is 0 Å². The molecule has 1 aromatic carbocycles. The fourth-order valence-corrected chi connectivity index (χ4v) is 3.18. The molecule has 0 unspecified atom stereocenters. The quantitative estimate of drug-likeness (QED) is 0.276. The van der Waals surface area contributed by atoms with Gasteiger partial charge >= 0.3 is 0 Å². The van der Waals surface area contributed by atoms with Gasteiger partial charge in [0.15, 0.2) is 5.96 Å². The molecule has 0 aliphatic carbocycles. The Balaban J connectivity index is 0.00000364. The average Bonchev–Trinajstić information content (AvgIpc) is 3.12. The van der Waals surface area contributed by atoms with Crippen LogP contribution in [0.2, 0.25) is 0 Å². The Morgan fingerprint density at radius 3 is 2.74 bits per heavy atom. The van der Waals surface area contributed by atoms with Crippen LogP contribution in [0.3, 0.4) is 0 Å². The van der Waals surface area contributed by atoms with Crippen molar-refractivity contribution in [2.75, 3.05) is 20.6 Å². The van der Waals surface area contributed by atoms with Gasteiger partial charge in [0.1, 0.15) is 12.2 Å². The molecule has 0 saturated heterocycles. The largest absolute Gasteiger partial charge is 0.355 e. The molecule has 0 amide bonds. The first-order valence-electron chi connectivity index (χ1n) is 8.33. The van der Waals surface area contributed by atoms with Gasteiger partial charge in [-0.2, -0.15) is 0 Å². The standard InChI is InChI=1S/C16H25N7O2S.HI/c1-4-15-22-21-12-23(15)9-8-19-16(17-2)20-11-13-6-5-7-14(10-13)26(24,25)18-3;/h5-7,10,12,18H,4,8-9,11H2,1-3H3,(H2,17,19,20);1H. The van der Waals surface area contributed by atoms with Gasteiger partial charge in [-0.15, -0.1) is 34.2 Å². The SMILES string of the molecule is CCc1nncn1CCNC(=NC)NCc1cccc(S(=O)(=O)NC)c1.I. The minimum absolute atomic E-state index is 0. The molecule has 3 N–H and O–H groups in total. The van der Waals surface area contributed by atoms with E-state index in [4.69, 9.17) is 0 Å². The molecule has 0 bridgehead atoms. The summed E-state index contributed by atoms with van der Waals surface area (Å²) in [7, 11) is -0.366. The maximum atomic E-state index is 11.9. The van der Waals surface area contributed by atoms with Crippen molar-refractivity contribution in [3.05, 3.63) is 42.0 Å². The molecule has 9 nitrogen and oxygen atoms in total. The fraction of sp³-hybridized carbons (Fsp3) is 0.438. The van der Waals surface area contributed by atoms with Crippen molar-refractivity contribution >= 4 is 40.0 Å². The van der Waals surface area contributed by atoms with Crippen molar-refractivity contribution in [3.63, 3.8) is 0 Å². The number of benzene rings is 1. The highest BCUT2D eigenvalue weighted by molar-refractivity contribution is 14.0. The van der Waals surface area contributed by atoms with Crippen LogP contribution >= 0.6 is 24.0 Å². The molecule has 0 radical (unpaired) electrons. The summed E-state index contributed by atoms with van der Waals surface area (Å²) < 4.78 is 28.1. The van der Waals surface area contributed by atoms with Crippen LogP contribution in [0.5, 0.6) is 0 Å². The number of hydrogen-bond acceptors (Lipinski definition) is 5.